The normalized spacial score (nSPS) is 20.2. The van der Waals surface area contributed by atoms with Crippen molar-refractivity contribution in [2.24, 2.45) is 7.05 Å². The summed E-state index contributed by atoms with van der Waals surface area (Å²) in [6, 6.07) is 5.15. The van der Waals surface area contributed by atoms with E-state index >= 15 is 0 Å². The molecule has 5 nitrogen and oxygen atoms in total. The first-order valence-electron chi connectivity index (χ1n) is 6.34. The van der Waals surface area contributed by atoms with Crippen LogP contribution < -0.4 is 5.32 Å². The second-order valence-corrected chi connectivity index (χ2v) is 7.16. The van der Waals surface area contributed by atoms with Crippen molar-refractivity contribution in [3.05, 3.63) is 24.0 Å². The van der Waals surface area contributed by atoms with Gasteiger partial charge in [-0.05, 0) is 31.2 Å². The monoisotopic (exact) mass is 279 g/mol. The summed E-state index contributed by atoms with van der Waals surface area (Å²) >= 11 is 0. The molecule has 0 saturated carbocycles. The number of sulfone groups is 1. The Labute approximate surface area is 112 Å². The highest BCUT2D eigenvalue weighted by Crippen LogP contribution is 2.26. The standard InChI is InChI=1S/C13H17N3O2S/c1-16-12-4-3-10(19(2,17)18)7-11(12)15-13(16)9-5-6-14-8-9/h3-4,7,9,14H,5-6,8H2,1-2H3. The van der Waals surface area contributed by atoms with Crippen molar-refractivity contribution in [3.8, 4) is 0 Å². The average Bonchev–Trinajstić information content (AvgIpc) is 2.96. The highest BCUT2D eigenvalue weighted by molar-refractivity contribution is 7.90. The Morgan fingerprint density at radius 2 is 2.21 bits per heavy atom. The number of hydrogen-bond acceptors (Lipinski definition) is 4. The maximum Gasteiger partial charge on any atom is 0.175 e. The van der Waals surface area contributed by atoms with Gasteiger partial charge in [0.2, 0.25) is 0 Å². The largest absolute Gasteiger partial charge is 0.331 e. The van der Waals surface area contributed by atoms with Crippen LogP contribution in [0.15, 0.2) is 23.1 Å². The zero-order valence-corrected chi connectivity index (χ0v) is 11.9. The molecule has 0 aliphatic carbocycles. The molecule has 0 amide bonds. The Morgan fingerprint density at radius 1 is 1.42 bits per heavy atom. The predicted molar refractivity (Wildman–Crippen MR) is 74.1 cm³/mol. The lowest BCUT2D eigenvalue weighted by atomic mass is 10.1. The fourth-order valence-electron chi connectivity index (χ4n) is 2.67. The van der Waals surface area contributed by atoms with E-state index in [1.807, 2.05) is 13.1 Å². The van der Waals surface area contributed by atoms with Crippen molar-refractivity contribution in [3.63, 3.8) is 0 Å². The van der Waals surface area contributed by atoms with Crippen molar-refractivity contribution >= 4 is 20.9 Å². The molecule has 1 saturated heterocycles. The molecule has 0 bridgehead atoms. The van der Waals surface area contributed by atoms with Crippen LogP contribution in [0.5, 0.6) is 0 Å². The first-order chi connectivity index (χ1) is 8.97. The van der Waals surface area contributed by atoms with Crippen molar-refractivity contribution in [2.75, 3.05) is 19.3 Å². The molecule has 2 aromatic rings. The van der Waals surface area contributed by atoms with E-state index in [9.17, 15) is 8.42 Å². The van der Waals surface area contributed by atoms with E-state index in [-0.39, 0.29) is 0 Å². The maximum absolute atomic E-state index is 11.6. The molecule has 1 atom stereocenters. The first-order valence-corrected chi connectivity index (χ1v) is 8.23. The molecule has 2 heterocycles. The van der Waals surface area contributed by atoms with Crippen molar-refractivity contribution in [1.82, 2.24) is 14.9 Å². The lowest BCUT2D eigenvalue weighted by molar-refractivity contribution is 0.602. The van der Waals surface area contributed by atoms with Gasteiger partial charge in [-0.25, -0.2) is 13.4 Å². The van der Waals surface area contributed by atoms with Crippen LogP contribution in [-0.4, -0.2) is 37.3 Å². The Bertz CT molecular complexity index is 728. The number of hydrogen-bond donors (Lipinski definition) is 1. The third-order valence-corrected chi connectivity index (χ3v) is 4.85. The van der Waals surface area contributed by atoms with Crippen LogP contribution in [0.1, 0.15) is 18.2 Å². The Hall–Kier alpha value is -1.40. The quantitative estimate of drug-likeness (QED) is 0.892. The highest BCUT2D eigenvalue weighted by atomic mass is 32.2. The van der Waals surface area contributed by atoms with E-state index in [1.54, 1.807) is 12.1 Å². The van der Waals surface area contributed by atoms with E-state index in [0.29, 0.717) is 10.8 Å². The van der Waals surface area contributed by atoms with Crippen LogP contribution >= 0.6 is 0 Å². The molecule has 6 heteroatoms. The van der Waals surface area contributed by atoms with Gasteiger partial charge in [0.15, 0.2) is 9.84 Å². The number of imidazole rings is 1. The van der Waals surface area contributed by atoms with E-state index in [4.69, 9.17) is 0 Å². The minimum absolute atomic E-state index is 0.328. The summed E-state index contributed by atoms with van der Waals surface area (Å²) in [6.07, 6.45) is 2.30. The second-order valence-electron chi connectivity index (χ2n) is 5.14. The van der Waals surface area contributed by atoms with Crippen LogP contribution in [-0.2, 0) is 16.9 Å². The topological polar surface area (TPSA) is 64.0 Å². The molecule has 19 heavy (non-hydrogen) atoms. The average molecular weight is 279 g/mol. The zero-order valence-electron chi connectivity index (χ0n) is 11.0. The van der Waals surface area contributed by atoms with Gasteiger partial charge in [0.1, 0.15) is 5.82 Å². The van der Waals surface area contributed by atoms with Crippen molar-refractivity contribution in [1.29, 1.82) is 0 Å². The number of fused-ring (bicyclic) bond motifs is 1. The Kier molecular flexibility index (Phi) is 2.87. The molecular weight excluding hydrogens is 262 g/mol. The molecule has 1 aliphatic rings. The summed E-state index contributed by atoms with van der Waals surface area (Å²) < 4.78 is 25.2. The van der Waals surface area contributed by atoms with Gasteiger partial charge < -0.3 is 9.88 Å². The van der Waals surface area contributed by atoms with Gasteiger partial charge in [-0.2, -0.15) is 0 Å². The molecule has 1 unspecified atom stereocenters. The summed E-state index contributed by atoms with van der Waals surface area (Å²) in [4.78, 5) is 4.95. The zero-order chi connectivity index (χ0) is 13.6. The molecule has 1 fully saturated rings. The van der Waals surface area contributed by atoms with Gasteiger partial charge in [-0.1, -0.05) is 0 Å². The smallest absolute Gasteiger partial charge is 0.175 e. The van der Waals surface area contributed by atoms with E-state index in [1.165, 1.54) is 6.26 Å². The minimum atomic E-state index is -3.18. The summed E-state index contributed by atoms with van der Waals surface area (Å²) in [5.41, 5.74) is 1.74. The molecule has 1 aromatic carbocycles. The van der Waals surface area contributed by atoms with Crippen LogP contribution in [0.2, 0.25) is 0 Å². The van der Waals surface area contributed by atoms with Crippen molar-refractivity contribution < 1.29 is 8.42 Å². The molecule has 0 radical (unpaired) electrons. The van der Waals surface area contributed by atoms with Gasteiger partial charge >= 0.3 is 0 Å². The van der Waals surface area contributed by atoms with Crippen molar-refractivity contribution in [2.45, 2.75) is 17.2 Å². The van der Waals surface area contributed by atoms with Gasteiger partial charge in [-0.15, -0.1) is 0 Å². The summed E-state index contributed by atoms with van der Waals surface area (Å²) in [7, 11) is -1.19. The first kappa shape index (κ1) is 12.6. The van der Waals surface area contributed by atoms with Crippen LogP contribution in [0.4, 0.5) is 0 Å². The number of aryl methyl sites for hydroxylation is 1. The highest BCUT2D eigenvalue weighted by Gasteiger charge is 2.22. The third kappa shape index (κ3) is 2.15. The molecule has 1 aliphatic heterocycles. The van der Waals surface area contributed by atoms with E-state index in [2.05, 4.69) is 14.9 Å². The van der Waals surface area contributed by atoms with Gasteiger partial charge in [-0.3, -0.25) is 0 Å². The van der Waals surface area contributed by atoms with Gasteiger partial charge in [0, 0.05) is 25.8 Å². The summed E-state index contributed by atoms with van der Waals surface area (Å²) in [5, 5.41) is 3.33. The van der Waals surface area contributed by atoms with Crippen LogP contribution in [0, 0.1) is 0 Å². The lowest BCUT2D eigenvalue weighted by Crippen LogP contribution is -2.11. The SMILES string of the molecule is Cn1c(C2CCNC2)nc2cc(S(C)(=O)=O)ccc21. The Morgan fingerprint density at radius 3 is 2.84 bits per heavy atom. The van der Waals surface area contributed by atoms with Crippen LogP contribution in [0.3, 0.4) is 0 Å². The van der Waals surface area contributed by atoms with E-state index in [0.717, 1.165) is 36.4 Å². The van der Waals surface area contributed by atoms with E-state index < -0.39 is 9.84 Å². The third-order valence-electron chi connectivity index (χ3n) is 3.74. The fraction of sp³-hybridized carbons (Fsp3) is 0.462. The summed E-state index contributed by atoms with van der Waals surface area (Å²) in [5.74, 6) is 1.45. The molecule has 1 aromatic heterocycles. The molecule has 102 valence electrons. The minimum Gasteiger partial charge on any atom is -0.331 e. The molecular formula is C13H17N3O2S. The number of aromatic nitrogens is 2. The predicted octanol–water partition coefficient (Wildman–Crippen LogP) is 1.05. The lowest BCUT2D eigenvalue weighted by Gasteiger charge is -2.07. The number of nitrogens with zero attached hydrogens (tertiary/aromatic N) is 2. The summed E-state index contributed by atoms with van der Waals surface area (Å²) in [6.45, 7) is 1.96. The number of benzene rings is 1. The van der Waals surface area contributed by atoms with Gasteiger partial charge in [0.25, 0.3) is 0 Å². The van der Waals surface area contributed by atoms with Crippen LogP contribution in [0.25, 0.3) is 11.0 Å². The molecule has 3 rings (SSSR count). The Balaban J connectivity index is 2.15. The second kappa shape index (κ2) is 4.31. The molecule has 1 N–H and O–H groups in total. The van der Waals surface area contributed by atoms with Gasteiger partial charge in [0.05, 0.1) is 15.9 Å². The fourth-order valence-corrected chi connectivity index (χ4v) is 3.31. The number of nitrogens with one attached hydrogen (secondary N) is 1. The number of rotatable bonds is 2. The molecule has 0 spiro atoms. The maximum atomic E-state index is 11.6.